The van der Waals surface area contributed by atoms with Gasteiger partial charge in [0.05, 0.1) is 35.4 Å². The van der Waals surface area contributed by atoms with E-state index >= 15 is 0 Å². The van der Waals surface area contributed by atoms with Gasteiger partial charge in [0.1, 0.15) is 23.0 Å². The van der Waals surface area contributed by atoms with Gasteiger partial charge in [-0.25, -0.2) is 5.43 Å². The van der Waals surface area contributed by atoms with Crippen molar-refractivity contribution >= 4 is 33.7 Å². The average Bonchev–Trinajstić information content (AvgIpc) is 3.17. The fourth-order valence-electron chi connectivity index (χ4n) is 2.47. The van der Waals surface area contributed by atoms with Crippen molar-refractivity contribution in [3.8, 4) is 22.8 Å². The highest BCUT2D eigenvalue weighted by Crippen LogP contribution is 2.33. The van der Waals surface area contributed by atoms with Crippen LogP contribution in [0.5, 0.6) is 11.5 Å². The first kappa shape index (κ1) is 20.1. The summed E-state index contributed by atoms with van der Waals surface area (Å²) >= 11 is 3.22. The van der Waals surface area contributed by atoms with Crippen molar-refractivity contribution in [1.29, 1.82) is 0 Å². The van der Waals surface area contributed by atoms with E-state index in [0.29, 0.717) is 10.2 Å². The number of nitro groups is 1. The Hall–Kier alpha value is -3.66. The molecule has 0 spiro atoms. The molecule has 0 unspecified atom stereocenters. The highest BCUT2D eigenvalue weighted by Gasteiger charge is 2.19. The Morgan fingerprint density at radius 2 is 2.07 bits per heavy atom. The highest BCUT2D eigenvalue weighted by atomic mass is 79.9. The maximum atomic E-state index is 12.1. The highest BCUT2D eigenvalue weighted by molar-refractivity contribution is 9.10. The SMILES string of the molecule is COc1ccc(-c2ccc(C=NNC(=O)c3cc(Br)ccc3O)o2)c([N+](=O)[O-])c1. The zero-order chi connectivity index (χ0) is 21.0. The second-order valence-electron chi connectivity index (χ2n) is 5.70. The van der Waals surface area contributed by atoms with Crippen LogP contribution in [0.1, 0.15) is 16.1 Å². The third kappa shape index (κ3) is 4.61. The average molecular weight is 460 g/mol. The standard InChI is InChI=1S/C19H14BrN3O6/c1-28-12-3-5-14(16(9-12)23(26)27)18-7-4-13(29-18)10-21-22-19(25)15-8-11(20)2-6-17(15)24/h2-10,24H,1H3,(H,22,25). The van der Waals surface area contributed by atoms with Gasteiger partial charge in [-0.2, -0.15) is 5.10 Å². The number of methoxy groups -OCH3 is 1. The molecule has 0 saturated carbocycles. The number of furan rings is 1. The number of halogens is 1. The largest absolute Gasteiger partial charge is 0.507 e. The van der Waals surface area contributed by atoms with Gasteiger partial charge in [0, 0.05) is 4.47 Å². The van der Waals surface area contributed by atoms with Crippen LogP contribution in [-0.2, 0) is 0 Å². The van der Waals surface area contributed by atoms with Crippen LogP contribution in [0.25, 0.3) is 11.3 Å². The number of rotatable bonds is 6. The molecule has 1 amide bonds. The van der Waals surface area contributed by atoms with Crippen LogP contribution in [-0.4, -0.2) is 29.3 Å². The molecule has 0 radical (unpaired) electrons. The number of aromatic hydroxyl groups is 1. The zero-order valence-electron chi connectivity index (χ0n) is 15.0. The van der Waals surface area contributed by atoms with Gasteiger partial charge in [-0.05, 0) is 42.5 Å². The number of hydrogen-bond donors (Lipinski definition) is 2. The summed E-state index contributed by atoms with van der Waals surface area (Å²) in [4.78, 5) is 22.9. The summed E-state index contributed by atoms with van der Waals surface area (Å²) < 4.78 is 11.2. The Kier molecular flexibility index (Phi) is 5.93. The minimum absolute atomic E-state index is 0.0468. The second kappa shape index (κ2) is 8.57. The third-order valence-corrected chi connectivity index (χ3v) is 4.35. The monoisotopic (exact) mass is 459 g/mol. The second-order valence-corrected chi connectivity index (χ2v) is 6.62. The molecule has 0 aliphatic rings. The lowest BCUT2D eigenvalue weighted by atomic mass is 10.1. The van der Waals surface area contributed by atoms with Gasteiger partial charge in [0.25, 0.3) is 11.6 Å². The molecule has 2 N–H and O–H groups in total. The normalized spacial score (nSPS) is 10.8. The van der Waals surface area contributed by atoms with Crippen molar-refractivity contribution < 1.29 is 24.0 Å². The van der Waals surface area contributed by atoms with Gasteiger partial charge in [-0.3, -0.25) is 14.9 Å². The fourth-order valence-corrected chi connectivity index (χ4v) is 2.83. The Morgan fingerprint density at radius 3 is 2.79 bits per heavy atom. The first-order valence-corrected chi connectivity index (χ1v) is 8.93. The van der Waals surface area contributed by atoms with Crippen LogP contribution in [0.15, 0.2) is 62.5 Å². The lowest BCUT2D eigenvalue weighted by Crippen LogP contribution is -2.17. The summed E-state index contributed by atoms with van der Waals surface area (Å²) in [5, 5.41) is 24.8. The molecule has 10 heteroatoms. The molecule has 148 valence electrons. The number of hydrazone groups is 1. The number of amides is 1. The minimum Gasteiger partial charge on any atom is -0.507 e. The summed E-state index contributed by atoms with van der Waals surface area (Å²) in [6.07, 6.45) is 1.24. The first-order chi connectivity index (χ1) is 13.9. The van der Waals surface area contributed by atoms with Crippen LogP contribution in [0.3, 0.4) is 0 Å². The van der Waals surface area contributed by atoms with E-state index in [-0.39, 0.29) is 34.1 Å². The predicted octanol–water partition coefficient (Wildman–Crippen LogP) is 4.10. The van der Waals surface area contributed by atoms with Crippen molar-refractivity contribution in [3.63, 3.8) is 0 Å². The summed E-state index contributed by atoms with van der Waals surface area (Å²) in [6, 6.07) is 11.9. The summed E-state index contributed by atoms with van der Waals surface area (Å²) in [5.74, 6) is 0.0820. The van der Waals surface area contributed by atoms with Crippen molar-refractivity contribution in [3.05, 3.63) is 74.4 Å². The molecule has 0 aliphatic carbocycles. The zero-order valence-corrected chi connectivity index (χ0v) is 16.5. The molecule has 3 rings (SSSR count). The number of phenolic OH excluding ortho intramolecular Hbond substituents is 1. The van der Waals surface area contributed by atoms with E-state index in [1.165, 1.54) is 37.6 Å². The number of nitrogens with zero attached hydrogens (tertiary/aromatic N) is 2. The van der Waals surface area contributed by atoms with Gasteiger partial charge in [-0.1, -0.05) is 15.9 Å². The van der Waals surface area contributed by atoms with Crippen LogP contribution < -0.4 is 10.2 Å². The van der Waals surface area contributed by atoms with Gasteiger partial charge in [0.2, 0.25) is 0 Å². The Balaban J connectivity index is 1.76. The van der Waals surface area contributed by atoms with E-state index in [1.807, 2.05) is 0 Å². The Bertz CT molecular complexity index is 1110. The summed E-state index contributed by atoms with van der Waals surface area (Å²) in [5.41, 5.74) is 2.43. The maximum absolute atomic E-state index is 12.1. The molecule has 1 aromatic heterocycles. The van der Waals surface area contributed by atoms with E-state index in [0.717, 1.165) is 0 Å². The molecule has 29 heavy (non-hydrogen) atoms. The lowest BCUT2D eigenvalue weighted by Gasteiger charge is -2.03. The summed E-state index contributed by atoms with van der Waals surface area (Å²) in [7, 11) is 1.42. The van der Waals surface area contributed by atoms with Crippen molar-refractivity contribution in [2.24, 2.45) is 5.10 Å². The van der Waals surface area contributed by atoms with Gasteiger partial charge in [-0.15, -0.1) is 0 Å². The van der Waals surface area contributed by atoms with Crippen LogP contribution >= 0.6 is 15.9 Å². The number of hydrogen-bond acceptors (Lipinski definition) is 7. The molecule has 2 aromatic carbocycles. The molecule has 0 bridgehead atoms. The number of ether oxygens (including phenoxy) is 1. The Morgan fingerprint density at radius 1 is 1.28 bits per heavy atom. The molecule has 0 aliphatic heterocycles. The van der Waals surface area contributed by atoms with Gasteiger partial charge < -0.3 is 14.3 Å². The van der Waals surface area contributed by atoms with Crippen LogP contribution in [0, 0.1) is 10.1 Å². The molecular weight excluding hydrogens is 446 g/mol. The molecule has 0 fully saturated rings. The Labute approximate surface area is 172 Å². The number of carbonyl (C=O) groups excluding carboxylic acids is 1. The van der Waals surface area contributed by atoms with Crippen LogP contribution in [0.2, 0.25) is 0 Å². The minimum atomic E-state index is -0.613. The molecule has 0 atom stereocenters. The molecule has 1 heterocycles. The van der Waals surface area contributed by atoms with Crippen molar-refractivity contribution in [2.75, 3.05) is 7.11 Å². The van der Waals surface area contributed by atoms with Crippen molar-refractivity contribution in [1.82, 2.24) is 5.43 Å². The van der Waals surface area contributed by atoms with Gasteiger partial charge in [0.15, 0.2) is 0 Å². The molecule has 3 aromatic rings. The fraction of sp³-hybridized carbons (Fsp3) is 0.0526. The molecule has 0 saturated heterocycles. The molecule has 9 nitrogen and oxygen atoms in total. The van der Waals surface area contributed by atoms with E-state index in [2.05, 4.69) is 26.5 Å². The summed E-state index contributed by atoms with van der Waals surface area (Å²) in [6.45, 7) is 0. The maximum Gasteiger partial charge on any atom is 0.284 e. The number of nitrogens with one attached hydrogen (secondary N) is 1. The van der Waals surface area contributed by atoms with Crippen molar-refractivity contribution in [2.45, 2.75) is 0 Å². The smallest absolute Gasteiger partial charge is 0.284 e. The van der Waals surface area contributed by atoms with E-state index < -0.39 is 10.8 Å². The van der Waals surface area contributed by atoms with Crippen LogP contribution in [0.4, 0.5) is 5.69 Å². The van der Waals surface area contributed by atoms with E-state index in [4.69, 9.17) is 9.15 Å². The lowest BCUT2D eigenvalue weighted by molar-refractivity contribution is -0.384. The quantitative estimate of drug-likeness (QED) is 0.324. The third-order valence-electron chi connectivity index (χ3n) is 3.85. The topological polar surface area (TPSA) is 127 Å². The predicted molar refractivity (Wildman–Crippen MR) is 108 cm³/mol. The first-order valence-electron chi connectivity index (χ1n) is 8.13. The van der Waals surface area contributed by atoms with Gasteiger partial charge >= 0.3 is 0 Å². The number of nitro benzene ring substituents is 1. The molecular formula is C19H14BrN3O6. The van der Waals surface area contributed by atoms with E-state index in [9.17, 15) is 20.0 Å². The number of carbonyl (C=O) groups is 1. The number of benzene rings is 2. The number of phenols is 1. The van der Waals surface area contributed by atoms with E-state index in [1.54, 1.807) is 24.3 Å².